The first-order valence-electron chi connectivity index (χ1n) is 4.74. The van der Waals surface area contributed by atoms with Crippen LogP contribution in [-0.2, 0) is 4.79 Å². The maximum atomic E-state index is 12.7. The largest absolute Gasteiger partial charge is 0.311 e. The van der Waals surface area contributed by atoms with Crippen molar-refractivity contribution in [1.82, 2.24) is 4.98 Å². The van der Waals surface area contributed by atoms with Crippen molar-refractivity contribution in [1.29, 1.82) is 0 Å². The average molecular weight is 214 g/mol. The van der Waals surface area contributed by atoms with Gasteiger partial charge >= 0.3 is 0 Å². The van der Waals surface area contributed by atoms with E-state index in [2.05, 4.69) is 10.3 Å². The molecule has 0 aromatic carbocycles. The molecule has 0 saturated carbocycles. The summed E-state index contributed by atoms with van der Waals surface area (Å²) in [5.41, 5.74) is 0. The van der Waals surface area contributed by atoms with Gasteiger partial charge in [-0.3, -0.25) is 4.79 Å². The quantitative estimate of drug-likeness (QED) is 0.836. The van der Waals surface area contributed by atoms with Crippen molar-refractivity contribution in [3.63, 3.8) is 0 Å². The van der Waals surface area contributed by atoms with Crippen LogP contribution in [0.4, 0.5) is 14.6 Å². The number of pyridine rings is 1. The molecule has 3 nitrogen and oxygen atoms in total. The lowest BCUT2D eigenvalue weighted by molar-refractivity contribution is -0.116. The normalized spacial score (nSPS) is 10.1. The summed E-state index contributed by atoms with van der Waals surface area (Å²) in [6.07, 6.45) is 2.76. The van der Waals surface area contributed by atoms with E-state index >= 15 is 0 Å². The van der Waals surface area contributed by atoms with Gasteiger partial charge in [-0.2, -0.15) is 0 Å². The van der Waals surface area contributed by atoms with E-state index < -0.39 is 11.6 Å². The third-order valence-electron chi connectivity index (χ3n) is 1.83. The van der Waals surface area contributed by atoms with Crippen molar-refractivity contribution >= 4 is 11.7 Å². The van der Waals surface area contributed by atoms with E-state index in [0.29, 0.717) is 6.42 Å². The van der Waals surface area contributed by atoms with Gasteiger partial charge in [-0.25, -0.2) is 13.8 Å². The molecule has 0 spiro atoms. The summed E-state index contributed by atoms with van der Waals surface area (Å²) in [5, 5.41) is 2.39. The molecule has 1 aromatic rings. The zero-order valence-electron chi connectivity index (χ0n) is 8.39. The standard InChI is InChI=1S/C10H12F2N2O/c1-2-3-4-10(15)14-9-5-7(11)8(12)6-13-9/h5-6H,2-4H2,1H3,(H,13,14,15). The fraction of sp³-hybridized carbons (Fsp3) is 0.400. The molecule has 0 atom stereocenters. The van der Waals surface area contributed by atoms with Gasteiger partial charge in [0.2, 0.25) is 5.91 Å². The number of carbonyl (C=O) groups is 1. The molecule has 1 heterocycles. The summed E-state index contributed by atoms with van der Waals surface area (Å²) in [7, 11) is 0. The van der Waals surface area contributed by atoms with E-state index in [4.69, 9.17) is 0 Å². The number of nitrogens with one attached hydrogen (secondary N) is 1. The van der Waals surface area contributed by atoms with Crippen LogP contribution in [0.3, 0.4) is 0 Å². The van der Waals surface area contributed by atoms with Crippen LogP contribution in [-0.4, -0.2) is 10.9 Å². The summed E-state index contributed by atoms with van der Waals surface area (Å²) < 4.78 is 25.2. The van der Waals surface area contributed by atoms with Gasteiger partial charge in [0, 0.05) is 12.5 Å². The van der Waals surface area contributed by atoms with Gasteiger partial charge in [0.15, 0.2) is 11.6 Å². The minimum absolute atomic E-state index is 0.0370. The van der Waals surface area contributed by atoms with Crippen molar-refractivity contribution in [2.75, 3.05) is 5.32 Å². The summed E-state index contributed by atoms with van der Waals surface area (Å²) >= 11 is 0. The molecule has 1 amide bonds. The van der Waals surface area contributed by atoms with E-state index in [0.717, 1.165) is 25.1 Å². The Kier molecular flexibility index (Phi) is 4.15. The van der Waals surface area contributed by atoms with Crippen LogP contribution in [0.15, 0.2) is 12.3 Å². The third kappa shape index (κ3) is 3.61. The molecule has 5 heteroatoms. The van der Waals surface area contributed by atoms with Crippen LogP contribution in [0, 0.1) is 11.6 Å². The minimum atomic E-state index is -1.03. The fourth-order valence-corrected chi connectivity index (χ4v) is 1.03. The van der Waals surface area contributed by atoms with Crippen LogP contribution in [0.2, 0.25) is 0 Å². The van der Waals surface area contributed by atoms with Crippen molar-refractivity contribution in [3.05, 3.63) is 23.9 Å². The van der Waals surface area contributed by atoms with Crippen LogP contribution < -0.4 is 5.32 Å². The molecule has 0 fully saturated rings. The first kappa shape index (κ1) is 11.6. The Morgan fingerprint density at radius 2 is 2.20 bits per heavy atom. The number of nitrogens with zero attached hydrogens (tertiary/aromatic N) is 1. The number of aromatic nitrogens is 1. The molecule has 0 aliphatic carbocycles. The van der Waals surface area contributed by atoms with E-state index in [1.165, 1.54) is 0 Å². The predicted octanol–water partition coefficient (Wildman–Crippen LogP) is 2.49. The highest BCUT2D eigenvalue weighted by molar-refractivity contribution is 5.89. The molecule has 82 valence electrons. The highest BCUT2D eigenvalue weighted by Gasteiger charge is 2.06. The van der Waals surface area contributed by atoms with E-state index in [1.54, 1.807) is 0 Å². The molecule has 0 saturated heterocycles. The van der Waals surface area contributed by atoms with Gasteiger partial charge in [0.25, 0.3) is 0 Å². The monoisotopic (exact) mass is 214 g/mol. The van der Waals surface area contributed by atoms with Crippen molar-refractivity contribution < 1.29 is 13.6 Å². The lowest BCUT2D eigenvalue weighted by atomic mass is 10.2. The van der Waals surface area contributed by atoms with Gasteiger partial charge in [0.05, 0.1) is 6.20 Å². The smallest absolute Gasteiger partial charge is 0.225 e. The van der Waals surface area contributed by atoms with E-state index in [1.807, 2.05) is 6.92 Å². The van der Waals surface area contributed by atoms with Crippen molar-refractivity contribution in [2.45, 2.75) is 26.2 Å². The molecular weight excluding hydrogens is 202 g/mol. The van der Waals surface area contributed by atoms with Gasteiger partial charge in [-0.15, -0.1) is 0 Å². The number of hydrogen-bond donors (Lipinski definition) is 1. The maximum absolute atomic E-state index is 12.7. The van der Waals surface area contributed by atoms with E-state index in [9.17, 15) is 13.6 Å². The molecule has 0 unspecified atom stereocenters. The summed E-state index contributed by atoms with van der Waals surface area (Å²) in [5.74, 6) is -2.25. The Balaban J connectivity index is 2.57. The van der Waals surface area contributed by atoms with Crippen LogP contribution in [0.25, 0.3) is 0 Å². The number of hydrogen-bond acceptors (Lipinski definition) is 2. The molecule has 15 heavy (non-hydrogen) atoms. The average Bonchev–Trinajstić information content (AvgIpc) is 2.20. The predicted molar refractivity (Wildman–Crippen MR) is 52.3 cm³/mol. The number of amides is 1. The maximum Gasteiger partial charge on any atom is 0.225 e. The molecule has 1 aromatic heterocycles. The second-order valence-corrected chi connectivity index (χ2v) is 3.14. The first-order chi connectivity index (χ1) is 7.13. The minimum Gasteiger partial charge on any atom is -0.311 e. The summed E-state index contributed by atoms with van der Waals surface area (Å²) in [6, 6.07) is 0.860. The topological polar surface area (TPSA) is 42.0 Å². The zero-order chi connectivity index (χ0) is 11.3. The van der Waals surface area contributed by atoms with Crippen LogP contribution in [0.5, 0.6) is 0 Å². The highest BCUT2D eigenvalue weighted by Crippen LogP contribution is 2.09. The SMILES string of the molecule is CCCCC(=O)Nc1cc(F)c(F)cn1. The number of carbonyl (C=O) groups excluding carboxylic acids is 1. The Hall–Kier alpha value is -1.52. The molecule has 1 N–H and O–H groups in total. The second-order valence-electron chi connectivity index (χ2n) is 3.14. The molecule has 0 aliphatic heterocycles. The lowest BCUT2D eigenvalue weighted by Gasteiger charge is -2.03. The van der Waals surface area contributed by atoms with Crippen LogP contribution in [0.1, 0.15) is 26.2 Å². The van der Waals surface area contributed by atoms with Crippen molar-refractivity contribution in [2.24, 2.45) is 0 Å². The first-order valence-corrected chi connectivity index (χ1v) is 4.74. The molecule has 1 rings (SSSR count). The second kappa shape index (κ2) is 5.38. The number of anilines is 1. The number of halogens is 2. The molecule has 0 bridgehead atoms. The van der Waals surface area contributed by atoms with Gasteiger partial charge in [-0.1, -0.05) is 13.3 Å². The Morgan fingerprint density at radius 1 is 1.47 bits per heavy atom. The summed E-state index contributed by atoms with van der Waals surface area (Å²) in [4.78, 5) is 14.7. The number of rotatable bonds is 4. The van der Waals surface area contributed by atoms with Crippen LogP contribution >= 0.6 is 0 Å². The van der Waals surface area contributed by atoms with E-state index in [-0.39, 0.29) is 11.7 Å². The summed E-state index contributed by atoms with van der Waals surface area (Å²) in [6.45, 7) is 1.96. The van der Waals surface area contributed by atoms with Gasteiger partial charge in [-0.05, 0) is 6.42 Å². The fourth-order valence-electron chi connectivity index (χ4n) is 1.03. The molecule has 0 aliphatic rings. The zero-order valence-corrected chi connectivity index (χ0v) is 8.39. The van der Waals surface area contributed by atoms with Gasteiger partial charge in [0.1, 0.15) is 5.82 Å². The Bertz CT molecular complexity index is 355. The highest BCUT2D eigenvalue weighted by atomic mass is 19.2. The van der Waals surface area contributed by atoms with Gasteiger partial charge < -0.3 is 5.32 Å². The third-order valence-corrected chi connectivity index (χ3v) is 1.83. The molecule has 0 radical (unpaired) electrons. The Morgan fingerprint density at radius 3 is 2.80 bits per heavy atom. The number of unbranched alkanes of at least 4 members (excludes halogenated alkanes) is 1. The van der Waals surface area contributed by atoms with Crippen molar-refractivity contribution in [3.8, 4) is 0 Å². The Labute approximate surface area is 86.5 Å². The lowest BCUT2D eigenvalue weighted by Crippen LogP contribution is -2.12. The molecular formula is C10H12F2N2O.